The van der Waals surface area contributed by atoms with Crippen LogP contribution in [0.25, 0.3) is 28.2 Å². The number of anilines is 1. The van der Waals surface area contributed by atoms with E-state index in [4.69, 9.17) is 5.73 Å². The van der Waals surface area contributed by atoms with E-state index in [1.165, 1.54) is 19.1 Å². The molecule has 0 atom stereocenters. The predicted octanol–water partition coefficient (Wildman–Crippen LogP) is 5.22. The zero-order valence-electron chi connectivity index (χ0n) is 17.4. The molecule has 166 valence electrons. The maximum atomic E-state index is 13.8. The Morgan fingerprint density at radius 1 is 1.00 bits per heavy atom. The molecule has 0 amide bonds. The van der Waals surface area contributed by atoms with E-state index in [1.807, 2.05) is 19.1 Å². The molecule has 0 saturated carbocycles. The van der Waals surface area contributed by atoms with Gasteiger partial charge in [0.05, 0.1) is 17.0 Å². The number of aryl methyl sites for hydroxylation is 2. The first-order valence-corrected chi connectivity index (χ1v) is 9.68. The third-order valence-electron chi connectivity index (χ3n) is 4.98. The predicted molar refractivity (Wildman–Crippen MR) is 114 cm³/mol. The molecule has 0 bridgehead atoms. The van der Waals surface area contributed by atoms with Crippen LogP contribution in [0.3, 0.4) is 0 Å². The lowest BCUT2D eigenvalue weighted by Crippen LogP contribution is -2.17. The highest BCUT2D eigenvalue weighted by atomic mass is 19.4. The Morgan fingerprint density at radius 2 is 1.70 bits per heavy atom. The summed E-state index contributed by atoms with van der Waals surface area (Å²) in [7, 11) is 0. The maximum Gasteiger partial charge on any atom is 0.451 e. The number of benzene rings is 2. The summed E-state index contributed by atoms with van der Waals surface area (Å²) < 4.78 is 56.0. The number of rotatable bonds is 3. The van der Waals surface area contributed by atoms with Crippen LogP contribution < -0.4 is 5.73 Å². The van der Waals surface area contributed by atoms with Crippen molar-refractivity contribution in [2.45, 2.75) is 20.0 Å². The Labute approximate surface area is 186 Å². The van der Waals surface area contributed by atoms with Crippen LogP contribution in [0.1, 0.15) is 22.6 Å². The molecule has 0 saturated heterocycles. The third-order valence-corrected chi connectivity index (χ3v) is 4.98. The van der Waals surface area contributed by atoms with Gasteiger partial charge in [0.15, 0.2) is 5.82 Å². The van der Waals surface area contributed by atoms with Crippen molar-refractivity contribution >= 4 is 5.82 Å². The highest BCUT2D eigenvalue weighted by Crippen LogP contribution is 2.39. The molecule has 0 spiro atoms. The summed E-state index contributed by atoms with van der Waals surface area (Å²) in [5.41, 5.74) is 8.05. The molecule has 6 nitrogen and oxygen atoms in total. The summed E-state index contributed by atoms with van der Waals surface area (Å²) in [6, 6.07) is 13.8. The fraction of sp³-hybridized carbons (Fsp3) is 0.130. The van der Waals surface area contributed by atoms with E-state index < -0.39 is 17.8 Å². The van der Waals surface area contributed by atoms with Gasteiger partial charge >= 0.3 is 6.18 Å². The van der Waals surface area contributed by atoms with Crippen LogP contribution >= 0.6 is 0 Å². The highest BCUT2D eigenvalue weighted by molar-refractivity contribution is 5.86. The first kappa shape index (κ1) is 22.0. The maximum absolute atomic E-state index is 13.8. The molecule has 2 aromatic heterocycles. The van der Waals surface area contributed by atoms with Crippen LogP contribution in [0.5, 0.6) is 0 Å². The first-order chi connectivity index (χ1) is 15.6. The van der Waals surface area contributed by atoms with Gasteiger partial charge in [-0.15, -0.1) is 0 Å². The second-order valence-electron chi connectivity index (χ2n) is 7.34. The Morgan fingerprint density at radius 3 is 2.27 bits per heavy atom. The molecule has 0 fully saturated rings. The lowest BCUT2D eigenvalue weighted by molar-refractivity contribution is -0.144. The monoisotopic (exact) mass is 452 g/mol. The first-order valence-electron chi connectivity index (χ1n) is 9.68. The zero-order valence-corrected chi connectivity index (χ0v) is 17.4. The molecule has 10 heteroatoms. The molecular formula is C23H16F4N6. The van der Waals surface area contributed by atoms with Gasteiger partial charge in [0.1, 0.15) is 23.3 Å². The van der Waals surface area contributed by atoms with E-state index in [1.54, 1.807) is 18.2 Å². The molecular weight excluding hydrogens is 436 g/mol. The summed E-state index contributed by atoms with van der Waals surface area (Å²) in [4.78, 5) is 7.58. The normalized spacial score (nSPS) is 11.4. The lowest BCUT2D eigenvalue weighted by Gasteiger charge is -2.18. The number of nitriles is 1. The van der Waals surface area contributed by atoms with E-state index in [-0.39, 0.29) is 39.7 Å². The molecule has 0 aliphatic rings. The molecule has 0 aliphatic carbocycles. The minimum Gasteiger partial charge on any atom is -0.382 e. The molecule has 0 radical (unpaired) electrons. The van der Waals surface area contributed by atoms with Gasteiger partial charge in [0.2, 0.25) is 5.82 Å². The molecule has 4 aromatic rings. The van der Waals surface area contributed by atoms with Crippen molar-refractivity contribution in [3.63, 3.8) is 0 Å². The van der Waals surface area contributed by atoms with Crippen molar-refractivity contribution in [3.8, 4) is 34.3 Å². The molecule has 2 aromatic carbocycles. The van der Waals surface area contributed by atoms with Crippen LogP contribution in [0.4, 0.5) is 23.4 Å². The van der Waals surface area contributed by atoms with Gasteiger partial charge in [-0.3, -0.25) is 0 Å². The number of nitrogens with zero attached hydrogens (tertiary/aromatic N) is 5. The molecule has 0 unspecified atom stereocenters. The van der Waals surface area contributed by atoms with E-state index in [2.05, 4.69) is 15.1 Å². The Kier molecular flexibility index (Phi) is 5.33. The molecule has 0 aliphatic heterocycles. The van der Waals surface area contributed by atoms with E-state index in [0.717, 1.165) is 22.4 Å². The number of hydrogen-bond donors (Lipinski definition) is 1. The number of hydrogen-bond acceptors (Lipinski definition) is 5. The quantitative estimate of drug-likeness (QED) is 0.430. The number of nitrogens with two attached hydrogens (primary N) is 1. The van der Waals surface area contributed by atoms with Gasteiger partial charge in [-0.1, -0.05) is 29.8 Å². The van der Waals surface area contributed by atoms with Crippen molar-refractivity contribution < 1.29 is 17.6 Å². The largest absolute Gasteiger partial charge is 0.451 e. The van der Waals surface area contributed by atoms with E-state index in [9.17, 15) is 22.8 Å². The average molecular weight is 452 g/mol. The van der Waals surface area contributed by atoms with Crippen molar-refractivity contribution in [1.29, 1.82) is 5.26 Å². The Hall–Kier alpha value is -4.26. The third kappa shape index (κ3) is 4.01. The fourth-order valence-electron chi connectivity index (χ4n) is 3.46. The van der Waals surface area contributed by atoms with Gasteiger partial charge in [-0.25, -0.2) is 14.4 Å². The van der Waals surface area contributed by atoms with Crippen molar-refractivity contribution in [2.24, 2.45) is 0 Å². The highest BCUT2D eigenvalue weighted by Gasteiger charge is 2.37. The minimum absolute atomic E-state index is 0.0284. The van der Waals surface area contributed by atoms with Crippen molar-refractivity contribution in [3.05, 3.63) is 77.0 Å². The SMILES string of the molecule is Cc1cccc(-c2c(-c3ccc(F)cc3)nc(C(F)(F)F)nc2-n2nc(C)c(C#N)c2N)c1. The minimum atomic E-state index is -4.89. The van der Waals surface area contributed by atoms with Gasteiger partial charge in [-0.2, -0.15) is 28.2 Å². The van der Waals surface area contributed by atoms with Crippen LogP contribution in [-0.4, -0.2) is 19.7 Å². The summed E-state index contributed by atoms with van der Waals surface area (Å²) in [6.07, 6.45) is -4.89. The van der Waals surface area contributed by atoms with Crippen molar-refractivity contribution in [1.82, 2.24) is 19.7 Å². The number of nitrogen functional groups attached to an aromatic ring is 1. The zero-order chi connectivity index (χ0) is 23.9. The van der Waals surface area contributed by atoms with Crippen LogP contribution in [-0.2, 0) is 6.18 Å². The van der Waals surface area contributed by atoms with Crippen LogP contribution in [0, 0.1) is 31.0 Å². The van der Waals surface area contributed by atoms with E-state index in [0.29, 0.717) is 5.56 Å². The standard InChI is InChI=1S/C23H16F4N6/c1-12-4-3-5-15(10-12)18-19(14-6-8-16(24)9-7-14)30-22(23(25,26)27)31-21(18)33-20(29)17(11-28)13(2)32-33/h3-10H,29H2,1-2H3. The summed E-state index contributed by atoms with van der Waals surface area (Å²) >= 11 is 0. The smallest absolute Gasteiger partial charge is 0.382 e. The summed E-state index contributed by atoms with van der Waals surface area (Å²) in [5.74, 6) is -2.36. The lowest BCUT2D eigenvalue weighted by atomic mass is 9.98. The Bertz CT molecular complexity index is 1400. The van der Waals surface area contributed by atoms with Gasteiger partial charge in [0, 0.05) is 5.56 Å². The second kappa shape index (κ2) is 8.02. The fourth-order valence-corrected chi connectivity index (χ4v) is 3.46. The van der Waals surface area contributed by atoms with Crippen LogP contribution in [0.15, 0.2) is 48.5 Å². The van der Waals surface area contributed by atoms with E-state index >= 15 is 0 Å². The van der Waals surface area contributed by atoms with Gasteiger partial charge < -0.3 is 5.73 Å². The van der Waals surface area contributed by atoms with Crippen molar-refractivity contribution in [2.75, 3.05) is 5.73 Å². The number of aromatic nitrogens is 4. The van der Waals surface area contributed by atoms with Gasteiger partial charge in [0.25, 0.3) is 0 Å². The Balaban J connectivity index is 2.17. The second-order valence-corrected chi connectivity index (χ2v) is 7.34. The number of halogens is 4. The van der Waals surface area contributed by atoms with Gasteiger partial charge in [-0.05, 0) is 43.7 Å². The molecule has 33 heavy (non-hydrogen) atoms. The number of alkyl halides is 3. The molecule has 2 N–H and O–H groups in total. The summed E-state index contributed by atoms with van der Waals surface area (Å²) in [6.45, 7) is 3.34. The summed E-state index contributed by atoms with van der Waals surface area (Å²) in [5, 5.41) is 13.6. The average Bonchev–Trinajstić information content (AvgIpc) is 3.05. The molecule has 2 heterocycles. The molecule has 4 rings (SSSR count). The van der Waals surface area contributed by atoms with Crippen LogP contribution in [0.2, 0.25) is 0 Å². The topological polar surface area (TPSA) is 93.4 Å².